The van der Waals surface area contributed by atoms with E-state index in [0.29, 0.717) is 18.1 Å². The topological polar surface area (TPSA) is 52.7 Å². The van der Waals surface area contributed by atoms with Crippen LogP contribution in [0.15, 0.2) is 35.7 Å². The maximum Gasteiger partial charge on any atom is 0.318 e. The first-order valence-electron chi connectivity index (χ1n) is 12.1. The first kappa shape index (κ1) is 24.1. The van der Waals surface area contributed by atoms with E-state index in [1.54, 1.807) is 16.2 Å². The fourth-order valence-electron chi connectivity index (χ4n) is 5.02. The van der Waals surface area contributed by atoms with Crippen LogP contribution in [-0.4, -0.2) is 47.4 Å². The Hall–Kier alpha value is -2.05. The molecular formula is C26H34ClN3O2S. The highest BCUT2D eigenvalue weighted by molar-refractivity contribution is 7.10. The summed E-state index contributed by atoms with van der Waals surface area (Å²) >= 11 is 7.88. The normalized spacial score (nSPS) is 18.8. The lowest BCUT2D eigenvalue weighted by molar-refractivity contribution is -0.134. The molecule has 1 fully saturated rings. The van der Waals surface area contributed by atoms with Crippen LogP contribution in [0, 0.1) is 5.92 Å². The number of amides is 3. The lowest BCUT2D eigenvalue weighted by Crippen LogP contribution is -2.51. The van der Waals surface area contributed by atoms with Gasteiger partial charge in [0, 0.05) is 29.0 Å². The van der Waals surface area contributed by atoms with E-state index in [1.165, 1.54) is 16.9 Å². The molecule has 1 saturated carbocycles. The molecule has 178 valence electrons. The molecule has 0 radical (unpaired) electrons. The van der Waals surface area contributed by atoms with Gasteiger partial charge in [-0.05, 0) is 59.9 Å². The second-order valence-corrected chi connectivity index (χ2v) is 11.1. The molecule has 3 amide bonds. The second kappa shape index (κ2) is 10.9. The largest absolute Gasteiger partial charge is 0.335 e. The highest BCUT2D eigenvalue weighted by Crippen LogP contribution is 2.38. The minimum atomic E-state index is -0.146. The minimum Gasteiger partial charge on any atom is -0.335 e. The molecule has 1 atom stereocenters. The molecule has 0 spiro atoms. The second-order valence-electron chi connectivity index (χ2n) is 9.65. The molecule has 2 heterocycles. The van der Waals surface area contributed by atoms with Gasteiger partial charge in [-0.15, -0.1) is 11.3 Å². The summed E-state index contributed by atoms with van der Waals surface area (Å²) in [5, 5.41) is 5.98. The fourth-order valence-corrected chi connectivity index (χ4v) is 6.05. The molecule has 1 aliphatic heterocycles. The van der Waals surface area contributed by atoms with E-state index in [-0.39, 0.29) is 36.5 Å². The van der Waals surface area contributed by atoms with Crippen LogP contribution in [0.4, 0.5) is 4.79 Å². The zero-order valence-corrected chi connectivity index (χ0v) is 21.1. The molecule has 7 heteroatoms. The maximum atomic E-state index is 13.7. The smallest absolute Gasteiger partial charge is 0.318 e. The zero-order chi connectivity index (χ0) is 23.4. The first-order chi connectivity index (χ1) is 15.9. The number of fused-ring (bicyclic) bond motifs is 1. The Balaban J connectivity index is 1.53. The van der Waals surface area contributed by atoms with Crippen molar-refractivity contribution in [3.63, 3.8) is 0 Å². The number of carbonyl (C=O) groups is 2. The third-order valence-electron chi connectivity index (χ3n) is 6.60. The molecule has 0 saturated heterocycles. The number of benzene rings is 1. The maximum absolute atomic E-state index is 13.7. The quantitative estimate of drug-likeness (QED) is 0.553. The van der Waals surface area contributed by atoms with Crippen molar-refractivity contribution >= 4 is 34.9 Å². The average molecular weight is 488 g/mol. The fraction of sp³-hybridized carbons (Fsp3) is 0.538. The van der Waals surface area contributed by atoms with Crippen molar-refractivity contribution in [1.82, 2.24) is 15.1 Å². The third kappa shape index (κ3) is 5.90. The van der Waals surface area contributed by atoms with Crippen LogP contribution in [0.1, 0.15) is 68.0 Å². The van der Waals surface area contributed by atoms with Crippen LogP contribution in [0.2, 0.25) is 5.02 Å². The van der Waals surface area contributed by atoms with Gasteiger partial charge in [-0.25, -0.2) is 4.79 Å². The van der Waals surface area contributed by atoms with Gasteiger partial charge in [-0.1, -0.05) is 56.8 Å². The molecular weight excluding hydrogens is 454 g/mol. The summed E-state index contributed by atoms with van der Waals surface area (Å²) < 4.78 is 0. The van der Waals surface area contributed by atoms with Crippen molar-refractivity contribution in [2.75, 3.05) is 19.6 Å². The van der Waals surface area contributed by atoms with Gasteiger partial charge in [-0.2, -0.15) is 0 Å². The van der Waals surface area contributed by atoms with Crippen LogP contribution in [0.5, 0.6) is 0 Å². The van der Waals surface area contributed by atoms with Crippen LogP contribution in [0.25, 0.3) is 0 Å². The van der Waals surface area contributed by atoms with Gasteiger partial charge >= 0.3 is 6.03 Å². The van der Waals surface area contributed by atoms with E-state index in [4.69, 9.17) is 11.6 Å². The molecule has 1 aromatic carbocycles. The lowest BCUT2D eigenvalue weighted by atomic mass is 9.93. The van der Waals surface area contributed by atoms with Gasteiger partial charge in [0.05, 0.1) is 6.04 Å². The van der Waals surface area contributed by atoms with Gasteiger partial charge < -0.3 is 15.1 Å². The number of nitrogens with zero attached hydrogens (tertiary/aromatic N) is 2. The van der Waals surface area contributed by atoms with Crippen LogP contribution in [-0.2, 0) is 11.2 Å². The molecule has 2 aliphatic rings. The Bertz CT molecular complexity index is 953. The number of urea groups is 1. The van der Waals surface area contributed by atoms with Gasteiger partial charge in [0.1, 0.15) is 6.54 Å². The molecule has 33 heavy (non-hydrogen) atoms. The van der Waals surface area contributed by atoms with E-state index in [9.17, 15) is 9.59 Å². The van der Waals surface area contributed by atoms with Crippen molar-refractivity contribution in [3.8, 4) is 0 Å². The van der Waals surface area contributed by atoms with Gasteiger partial charge in [-0.3, -0.25) is 4.79 Å². The molecule has 4 rings (SSSR count). The van der Waals surface area contributed by atoms with Crippen molar-refractivity contribution in [2.45, 2.75) is 64.5 Å². The predicted octanol–water partition coefficient (Wildman–Crippen LogP) is 5.88. The summed E-state index contributed by atoms with van der Waals surface area (Å²) in [7, 11) is 0. The Morgan fingerprint density at radius 3 is 2.58 bits per heavy atom. The zero-order valence-electron chi connectivity index (χ0n) is 19.6. The predicted molar refractivity (Wildman–Crippen MR) is 135 cm³/mol. The van der Waals surface area contributed by atoms with Crippen molar-refractivity contribution in [3.05, 3.63) is 56.7 Å². The number of thiophene rings is 1. The summed E-state index contributed by atoms with van der Waals surface area (Å²) in [6.45, 7) is 5.48. The van der Waals surface area contributed by atoms with Gasteiger partial charge in [0.25, 0.3) is 0 Å². The Labute approximate surface area is 206 Å². The number of hydrogen-bond acceptors (Lipinski definition) is 3. The monoisotopic (exact) mass is 487 g/mol. The Morgan fingerprint density at radius 2 is 1.88 bits per heavy atom. The van der Waals surface area contributed by atoms with Crippen molar-refractivity contribution in [2.24, 2.45) is 5.92 Å². The summed E-state index contributed by atoms with van der Waals surface area (Å²) in [4.78, 5) is 31.8. The average Bonchev–Trinajstić information content (AvgIpc) is 3.28. The van der Waals surface area contributed by atoms with E-state index in [0.717, 1.165) is 37.7 Å². The van der Waals surface area contributed by atoms with Gasteiger partial charge in [0.15, 0.2) is 0 Å². The van der Waals surface area contributed by atoms with E-state index >= 15 is 0 Å². The molecule has 1 aliphatic carbocycles. The molecule has 2 aromatic rings. The van der Waals surface area contributed by atoms with E-state index < -0.39 is 0 Å². The van der Waals surface area contributed by atoms with Gasteiger partial charge in [0.2, 0.25) is 5.91 Å². The Kier molecular flexibility index (Phi) is 7.97. The minimum absolute atomic E-state index is 0.00811. The van der Waals surface area contributed by atoms with Crippen LogP contribution < -0.4 is 5.32 Å². The van der Waals surface area contributed by atoms with Crippen molar-refractivity contribution in [1.29, 1.82) is 0 Å². The highest BCUT2D eigenvalue weighted by Gasteiger charge is 2.34. The molecule has 0 unspecified atom stereocenters. The standard InChI is InChI=1S/C26H34ClN3O2S/c1-18(2)16-29(26(32)28-21-6-4-3-5-7-21)17-24(31)30-14-12-23-22(13-15-33-23)25(30)19-8-10-20(27)11-9-19/h8-11,13,15,18,21,25H,3-7,12,14,16-17H2,1-2H3,(H,28,32)/t25-/m1/s1. The van der Waals surface area contributed by atoms with E-state index in [2.05, 4.69) is 30.6 Å². The number of carbonyl (C=O) groups excluding carboxylic acids is 2. The number of halogens is 1. The van der Waals surface area contributed by atoms with E-state index in [1.807, 2.05) is 29.2 Å². The lowest BCUT2D eigenvalue weighted by Gasteiger charge is -2.38. The molecule has 1 aromatic heterocycles. The SMILES string of the molecule is CC(C)CN(CC(=O)N1CCc2sccc2[C@H]1c1ccc(Cl)cc1)C(=O)NC1CCCCC1. The summed E-state index contributed by atoms with van der Waals surface area (Å²) in [5.41, 5.74) is 2.23. The number of nitrogens with one attached hydrogen (secondary N) is 1. The molecule has 0 bridgehead atoms. The highest BCUT2D eigenvalue weighted by atomic mass is 35.5. The number of rotatable bonds is 6. The van der Waals surface area contributed by atoms with Crippen LogP contribution >= 0.6 is 22.9 Å². The number of hydrogen-bond donors (Lipinski definition) is 1. The van der Waals surface area contributed by atoms with Crippen LogP contribution in [0.3, 0.4) is 0 Å². The first-order valence-corrected chi connectivity index (χ1v) is 13.3. The summed E-state index contributed by atoms with van der Waals surface area (Å²) in [6, 6.07) is 9.85. The summed E-state index contributed by atoms with van der Waals surface area (Å²) in [6.07, 6.45) is 6.47. The molecule has 1 N–H and O–H groups in total. The Morgan fingerprint density at radius 1 is 1.15 bits per heavy atom. The molecule has 5 nitrogen and oxygen atoms in total. The third-order valence-corrected chi connectivity index (χ3v) is 7.85. The van der Waals surface area contributed by atoms with Crippen molar-refractivity contribution < 1.29 is 9.59 Å². The summed E-state index contributed by atoms with van der Waals surface area (Å²) in [5.74, 6) is 0.276.